The molecule has 0 aromatic heterocycles. The van der Waals surface area contributed by atoms with Crippen molar-refractivity contribution in [2.45, 2.75) is 17.3 Å². The molecule has 0 heterocycles. The van der Waals surface area contributed by atoms with Gasteiger partial charge >= 0.3 is 5.51 Å². The molecule has 0 saturated heterocycles. The van der Waals surface area contributed by atoms with Crippen LogP contribution in [-0.2, 0) is 0 Å². The SMILES string of the molecule is Cc1ccc(SC(F)(F)F)c(N=[N+]=[N-])c1. The Morgan fingerprint density at radius 1 is 1.40 bits per heavy atom. The molecule has 15 heavy (non-hydrogen) atoms. The van der Waals surface area contributed by atoms with E-state index in [0.29, 0.717) is 0 Å². The van der Waals surface area contributed by atoms with E-state index in [0.717, 1.165) is 5.56 Å². The lowest BCUT2D eigenvalue weighted by Gasteiger charge is -2.08. The fourth-order valence-electron chi connectivity index (χ4n) is 0.965. The third kappa shape index (κ3) is 3.73. The molecule has 0 N–H and O–H groups in total. The van der Waals surface area contributed by atoms with Crippen molar-refractivity contribution in [3.8, 4) is 0 Å². The number of alkyl halides is 3. The van der Waals surface area contributed by atoms with Crippen molar-refractivity contribution < 1.29 is 13.2 Å². The zero-order valence-electron chi connectivity index (χ0n) is 7.62. The molecule has 80 valence electrons. The molecule has 0 aliphatic carbocycles. The average Bonchev–Trinajstić information content (AvgIpc) is 2.08. The first-order chi connectivity index (χ1) is 6.92. The van der Waals surface area contributed by atoms with Gasteiger partial charge in [0.15, 0.2) is 0 Å². The van der Waals surface area contributed by atoms with E-state index in [-0.39, 0.29) is 22.3 Å². The first-order valence-corrected chi connectivity index (χ1v) is 4.65. The van der Waals surface area contributed by atoms with Crippen LogP contribution in [0.5, 0.6) is 0 Å². The van der Waals surface area contributed by atoms with Crippen LogP contribution in [0.1, 0.15) is 5.56 Å². The Labute approximate surface area is 87.9 Å². The number of hydrogen-bond donors (Lipinski definition) is 0. The summed E-state index contributed by atoms with van der Waals surface area (Å²) < 4.78 is 36.3. The van der Waals surface area contributed by atoms with Crippen LogP contribution in [0, 0.1) is 6.92 Å². The molecule has 0 unspecified atom stereocenters. The van der Waals surface area contributed by atoms with E-state index in [1.807, 2.05) is 0 Å². The van der Waals surface area contributed by atoms with Gasteiger partial charge in [0.1, 0.15) is 0 Å². The van der Waals surface area contributed by atoms with Crippen molar-refractivity contribution in [1.82, 2.24) is 0 Å². The third-order valence-electron chi connectivity index (χ3n) is 1.49. The number of halogens is 3. The van der Waals surface area contributed by atoms with E-state index < -0.39 is 5.51 Å². The van der Waals surface area contributed by atoms with Crippen LogP contribution in [0.3, 0.4) is 0 Å². The van der Waals surface area contributed by atoms with Gasteiger partial charge in [0.2, 0.25) is 0 Å². The van der Waals surface area contributed by atoms with Gasteiger partial charge in [-0.2, -0.15) is 13.2 Å². The summed E-state index contributed by atoms with van der Waals surface area (Å²) in [6.45, 7) is 1.71. The Kier molecular flexibility index (Phi) is 3.49. The molecule has 0 aliphatic rings. The lowest BCUT2D eigenvalue weighted by atomic mass is 10.2. The first kappa shape index (κ1) is 11.7. The number of benzene rings is 1. The van der Waals surface area contributed by atoms with Crippen LogP contribution < -0.4 is 0 Å². The van der Waals surface area contributed by atoms with E-state index in [2.05, 4.69) is 10.0 Å². The molecule has 7 heteroatoms. The van der Waals surface area contributed by atoms with Gasteiger partial charge in [-0.1, -0.05) is 16.7 Å². The fourth-order valence-corrected chi connectivity index (χ4v) is 1.55. The summed E-state index contributed by atoms with van der Waals surface area (Å²) in [6.07, 6.45) is 0. The van der Waals surface area contributed by atoms with Gasteiger partial charge < -0.3 is 0 Å². The maximum atomic E-state index is 12.1. The summed E-state index contributed by atoms with van der Waals surface area (Å²) in [5.74, 6) is 0. The smallest absolute Gasteiger partial charge is 0.160 e. The Morgan fingerprint density at radius 2 is 2.07 bits per heavy atom. The van der Waals surface area contributed by atoms with E-state index >= 15 is 0 Å². The highest BCUT2D eigenvalue weighted by Crippen LogP contribution is 2.41. The summed E-state index contributed by atoms with van der Waals surface area (Å²) in [6, 6.07) is 4.23. The topological polar surface area (TPSA) is 48.8 Å². The Morgan fingerprint density at radius 3 is 2.60 bits per heavy atom. The monoisotopic (exact) mass is 233 g/mol. The van der Waals surface area contributed by atoms with Crippen LogP contribution in [0.25, 0.3) is 10.4 Å². The van der Waals surface area contributed by atoms with Crippen LogP contribution >= 0.6 is 11.8 Å². The molecule has 1 aromatic carbocycles. The van der Waals surface area contributed by atoms with Crippen LogP contribution in [0.4, 0.5) is 18.9 Å². The quantitative estimate of drug-likeness (QED) is 0.320. The lowest BCUT2D eigenvalue weighted by molar-refractivity contribution is -0.0328. The third-order valence-corrected chi connectivity index (χ3v) is 2.29. The summed E-state index contributed by atoms with van der Waals surface area (Å²) in [5.41, 5.74) is 4.56. The van der Waals surface area contributed by atoms with Crippen molar-refractivity contribution >= 4 is 17.4 Å². The summed E-state index contributed by atoms with van der Waals surface area (Å²) >= 11 is -0.289. The van der Waals surface area contributed by atoms with Crippen LogP contribution in [0.2, 0.25) is 0 Å². The predicted molar refractivity (Wildman–Crippen MR) is 51.9 cm³/mol. The molecule has 0 saturated carbocycles. The zero-order valence-corrected chi connectivity index (χ0v) is 8.43. The van der Waals surface area contributed by atoms with Crippen molar-refractivity contribution in [3.05, 3.63) is 34.2 Å². The second kappa shape index (κ2) is 4.46. The summed E-state index contributed by atoms with van der Waals surface area (Å²) in [4.78, 5) is 2.39. The minimum atomic E-state index is -4.38. The van der Waals surface area contributed by atoms with E-state index in [1.165, 1.54) is 18.2 Å². The summed E-state index contributed by atoms with van der Waals surface area (Å²) in [7, 11) is 0. The molecule has 0 fully saturated rings. The Balaban J connectivity index is 3.11. The highest BCUT2D eigenvalue weighted by atomic mass is 32.2. The number of nitrogens with zero attached hydrogens (tertiary/aromatic N) is 3. The lowest BCUT2D eigenvalue weighted by Crippen LogP contribution is -1.99. The number of rotatable bonds is 2. The van der Waals surface area contributed by atoms with E-state index in [1.54, 1.807) is 6.92 Å². The van der Waals surface area contributed by atoms with E-state index in [4.69, 9.17) is 5.53 Å². The van der Waals surface area contributed by atoms with Crippen molar-refractivity contribution in [3.63, 3.8) is 0 Å². The Hall–Kier alpha value is -1.33. The molecule has 0 atom stereocenters. The molecule has 3 nitrogen and oxygen atoms in total. The normalized spacial score (nSPS) is 10.9. The molecular weight excluding hydrogens is 227 g/mol. The Bertz CT molecular complexity index is 410. The largest absolute Gasteiger partial charge is 0.446 e. The fraction of sp³-hybridized carbons (Fsp3) is 0.250. The number of hydrogen-bond acceptors (Lipinski definition) is 2. The molecule has 0 amide bonds. The van der Waals surface area contributed by atoms with Gasteiger partial charge in [-0.25, -0.2) is 0 Å². The molecule has 0 bridgehead atoms. The van der Waals surface area contributed by atoms with Gasteiger partial charge in [-0.3, -0.25) is 0 Å². The minimum absolute atomic E-state index is 0.000162. The second-order valence-electron chi connectivity index (χ2n) is 2.71. The number of thioether (sulfide) groups is 1. The standard InChI is InChI=1S/C8H6F3N3S/c1-5-2-3-7(15-8(9,10)11)6(4-5)13-14-12/h2-4H,1H3. The number of azide groups is 1. The molecular formula is C8H6F3N3S. The predicted octanol–water partition coefficient (Wildman–Crippen LogP) is 4.55. The maximum Gasteiger partial charge on any atom is 0.446 e. The van der Waals surface area contributed by atoms with Gasteiger partial charge in [0.05, 0.1) is 5.69 Å². The molecule has 1 rings (SSSR count). The molecule has 0 radical (unpaired) electrons. The van der Waals surface area contributed by atoms with E-state index in [9.17, 15) is 13.2 Å². The second-order valence-corrected chi connectivity index (χ2v) is 3.82. The van der Waals surface area contributed by atoms with Gasteiger partial charge in [-0.15, -0.1) is 0 Å². The first-order valence-electron chi connectivity index (χ1n) is 3.84. The van der Waals surface area contributed by atoms with Crippen molar-refractivity contribution in [2.24, 2.45) is 5.11 Å². The van der Waals surface area contributed by atoms with Gasteiger partial charge in [0, 0.05) is 9.81 Å². The van der Waals surface area contributed by atoms with Gasteiger partial charge in [0.25, 0.3) is 0 Å². The molecule has 0 spiro atoms. The zero-order chi connectivity index (χ0) is 11.5. The highest BCUT2D eigenvalue weighted by Gasteiger charge is 2.30. The summed E-state index contributed by atoms with van der Waals surface area (Å²) in [5, 5.41) is 3.21. The minimum Gasteiger partial charge on any atom is -0.160 e. The highest BCUT2D eigenvalue weighted by molar-refractivity contribution is 8.00. The van der Waals surface area contributed by atoms with Crippen LogP contribution in [0.15, 0.2) is 28.2 Å². The average molecular weight is 233 g/mol. The van der Waals surface area contributed by atoms with Crippen molar-refractivity contribution in [1.29, 1.82) is 0 Å². The molecule has 1 aromatic rings. The number of aryl methyl sites for hydroxylation is 1. The van der Waals surface area contributed by atoms with Crippen molar-refractivity contribution in [2.75, 3.05) is 0 Å². The maximum absolute atomic E-state index is 12.1. The molecule has 0 aliphatic heterocycles. The van der Waals surface area contributed by atoms with Crippen LogP contribution in [-0.4, -0.2) is 5.51 Å². The van der Waals surface area contributed by atoms with Gasteiger partial charge in [-0.05, 0) is 36.3 Å².